The normalized spacial score (nSPS) is 16.6. The standard InChI is InChI=1S/C25H31N7O2/c1-29-22(18-21(28-29)19-7-6-8-20(17-19)34-2)24(33)31-15-13-30(14-16-31)23-9-10-26-25(27-23)32-11-4-3-5-12-32/h6-10,17-18H,3-5,11-16H2,1-2H3. The molecule has 0 N–H and O–H groups in total. The number of rotatable bonds is 5. The lowest BCUT2D eigenvalue weighted by molar-refractivity contribution is 0.0735. The fourth-order valence-corrected chi connectivity index (χ4v) is 4.65. The number of hydrogen-bond donors (Lipinski definition) is 0. The molecule has 0 spiro atoms. The molecule has 0 radical (unpaired) electrons. The number of aryl methyl sites for hydroxylation is 1. The van der Waals surface area contributed by atoms with E-state index in [-0.39, 0.29) is 5.91 Å². The van der Waals surface area contributed by atoms with Gasteiger partial charge in [0.15, 0.2) is 0 Å². The third-order valence-electron chi connectivity index (χ3n) is 6.62. The van der Waals surface area contributed by atoms with E-state index in [0.717, 1.165) is 55.0 Å². The van der Waals surface area contributed by atoms with Crippen molar-refractivity contribution >= 4 is 17.7 Å². The minimum atomic E-state index is 0.000453. The zero-order chi connectivity index (χ0) is 23.5. The highest BCUT2D eigenvalue weighted by Gasteiger charge is 2.26. The first-order valence-corrected chi connectivity index (χ1v) is 11.9. The monoisotopic (exact) mass is 461 g/mol. The molecule has 0 aliphatic carbocycles. The van der Waals surface area contributed by atoms with Crippen LogP contribution in [0.15, 0.2) is 42.6 Å². The Morgan fingerprint density at radius 1 is 0.941 bits per heavy atom. The van der Waals surface area contributed by atoms with Crippen LogP contribution in [0.3, 0.4) is 0 Å². The van der Waals surface area contributed by atoms with Gasteiger partial charge in [0.25, 0.3) is 5.91 Å². The van der Waals surface area contributed by atoms with Gasteiger partial charge in [-0.3, -0.25) is 9.48 Å². The maximum absolute atomic E-state index is 13.3. The maximum Gasteiger partial charge on any atom is 0.272 e. The van der Waals surface area contributed by atoms with E-state index in [1.807, 2.05) is 54.5 Å². The average Bonchev–Trinajstić information content (AvgIpc) is 3.30. The molecule has 2 aliphatic heterocycles. The Labute approximate surface area is 200 Å². The highest BCUT2D eigenvalue weighted by Crippen LogP contribution is 2.25. The predicted octanol–water partition coefficient (Wildman–Crippen LogP) is 2.84. The molecule has 9 heteroatoms. The van der Waals surface area contributed by atoms with Gasteiger partial charge < -0.3 is 19.4 Å². The molecule has 2 fully saturated rings. The average molecular weight is 462 g/mol. The summed E-state index contributed by atoms with van der Waals surface area (Å²) < 4.78 is 6.98. The minimum absolute atomic E-state index is 0.000453. The molecule has 0 unspecified atom stereocenters. The number of piperazine rings is 1. The van der Waals surface area contributed by atoms with E-state index in [9.17, 15) is 4.79 Å². The SMILES string of the molecule is COc1cccc(-c2cc(C(=O)N3CCN(c4ccnc(N5CCCCC5)n4)CC3)n(C)n2)c1. The Hall–Kier alpha value is -3.62. The lowest BCUT2D eigenvalue weighted by atomic mass is 10.1. The number of benzene rings is 1. The highest BCUT2D eigenvalue weighted by atomic mass is 16.5. The Balaban J connectivity index is 1.25. The van der Waals surface area contributed by atoms with Gasteiger partial charge >= 0.3 is 0 Å². The van der Waals surface area contributed by atoms with Crippen molar-refractivity contribution in [1.29, 1.82) is 0 Å². The number of amides is 1. The maximum atomic E-state index is 13.3. The Morgan fingerprint density at radius 3 is 2.50 bits per heavy atom. The van der Waals surface area contributed by atoms with Gasteiger partial charge in [-0.05, 0) is 43.5 Å². The first-order chi connectivity index (χ1) is 16.6. The lowest BCUT2D eigenvalue weighted by Crippen LogP contribution is -2.49. The fraction of sp³-hybridized carbons (Fsp3) is 0.440. The van der Waals surface area contributed by atoms with Crippen LogP contribution in [0.4, 0.5) is 11.8 Å². The van der Waals surface area contributed by atoms with Crippen LogP contribution in [0.5, 0.6) is 5.75 Å². The molecule has 5 rings (SSSR count). The van der Waals surface area contributed by atoms with Crippen LogP contribution in [-0.4, -0.2) is 76.9 Å². The lowest BCUT2D eigenvalue weighted by Gasteiger charge is -2.35. The van der Waals surface area contributed by atoms with Gasteiger partial charge in [-0.2, -0.15) is 10.1 Å². The third-order valence-corrected chi connectivity index (χ3v) is 6.62. The first-order valence-electron chi connectivity index (χ1n) is 11.9. The second-order valence-electron chi connectivity index (χ2n) is 8.81. The van der Waals surface area contributed by atoms with Crippen molar-refractivity contribution in [2.45, 2.75) is 19.3 Å². The summed E-state index contributed by atoms with van der Waals surface area (Å²) in [5.74, 6) is 2.51. The number of nitrogens with zero attached hydrogens (tertiary/aromatic N) is 7. The number of piperidine rings is 1. The third kappa shape index (κ3) is 4.55. The molecule has 1 aromatic carbocycles. The van der Waals surface area contributed by atoms with Crippen LogP contribution >= 0.6 is 0 Å². The summed E-state index contributed by atoms with van der Waals surface area (Å²) in [6.07, 6.45) is 5.52. The molecule has 0 bridgehead atoms. The summed E-state index contributed by atoms with van der Waals surface area (Å²) in [7, 11) is 3.46. The smallest absolute Gasteiger partial charge is 0.272 e. The van der Waals surface area contributed by atoms with E-state index in [0.29, 0.717) is 18.8 Å². The van der Waals surface area contributed by atoms with Gasteiger partial charge in [0.2, 0.25) is 5.95 Å². The molecule has 1 amide bonds. The van der Waals surface area contributed by atoms with Crippen LogP contribution in [0.1, 0.15) is 29.8 Å². The van der Waals surface area contributed by atoms with Crippen LogP contribution in [0.25, 0.3) is 11.3 Å². The van der Waals surface area contributed by atoms with Gasteiger partial charge in [-0.15, -0.1) is 0 Å². The van der Waals surface area contributed by atoms with Crippen LogP contribution in [0.2, 0.25) is 0 Å². The Morgan fingerprint density at radius 2 is 1.74 bits per heavy atom. The van der Waals surface area contributed by atoms with Gasteiger partial charge in [0.05, 0.1) is 12.8 Å². The highest BCUT2D eigenvalue weighted by molar-refractivity contribution is 5.94. The molecule has 2 saturated heterocycles. The molecule has 9 nitrogen and oxygen atoms in total. The van der Waals surface area contributed by atoms with E-state index >= 15 is 0 Å². The van der Waals surface area contributed by atoms with Crippen molar-refractivity contribution in [1.82, 2.24) is 24.6 Å². The number of anilines is 2. The van der Waals surface area contributed by atoms with Crippen LogP contribution in [0, 0.1) is 0 Å². The van der Waals surface area contributed by atoms with Crippen molar-refractivity contribution in [3.05, 3.63) is 48.3 Å². The molecule has 178 valence electrons. The van der Waals surface area contributed by atoms with E-state index in [2.05, 4.69) is 19.9 Å². The zero-order valence-electron chi connectivity index (χ0n) is 19.9. The van der Waals surface area contributed by atoms with Crippen molar-refractivity contribution in [2.24, 2.45) is 7.05 Å². The predicted molar refractivity (Wildman–Crippen MR) is 131 cm³/mol. The van der Waals surface area contributed by atoms with E-state index in [1.54, 1.807) is 11.8 Å². The van der Waals surface area contributed by atoms with Crippen LogP contribution < -0.4 is 14.5 Å². The number of ether oxygens (including phenoxy) is 1. The van der Waals surface area contributed by atoms with E-state index < -0.39 is 0 Å². The molecular formula is C25H31N7O2. The molecular weight excluding hydrogens is 430 g/mol. The quantitative estimate of drug-likeness (QED) is 0.578. The summed E-state index contributed by atoms with van der Waals surface area (Å²) in [5, 5.41) is 4.57. The van der Waals surface area contributed by atoms with E-state index in [4.69, 9.17) is 9.72 Å². The molecule has 4 heterocycles. The van der Waals surface area contributed by atoms with Gasteiger partial charge in [-0.25, -0.2) is 4.98 Å². The summed E-state index contributed by atoms with van der Waals surface area (Å²) in [6.45, 7) is 4.80. The molecule has 3 aromatic rings. The fourth-order valence-electron chi connectivity index (χ4n) is 4.65. The van der Waals surface area contributed by atoms with Crippen molar-refractivity contribution in [2.75, 3.05) is 56.2 Å². The summed E-state index contributed by atoms with van der Waals surface area (Å²) in [6, 6.07) is 11.5. The Kier molecular flexibility index (Phi) is 6.33. The second kappa shape index (κ2) is 9.70. The summed E-state index contributed by atoms with van der Waals surface area (Å²) in [4.78, 5) is 29.0. The molecule has 2 aromatic heterocycles. The van der Waals surface area contributed by atoms with Crippen molar-refractivity contribution in [3.8, 4) is 17.0 Å². The number of carbonyl (C=O) groups excluding carboxylic acids is 1. The number of hydrogen-bond acceptors (Lipinski definition) is 7. The molecule has 34 heavy (non-hydrogen) atoms. The van der Waals surface area contributed by atoms with Gasteiger partial charge in [0, 0.05) is 58.1 Å². The van der Waals surface area contributed by atoms with Gasteiger partial charge in [-0.1, -0.05) is 12.1 Å². The van der Waals surface area contributed by atoms with Crippen LogP contribution in [-0.2, 0) is 7.05 Å². The molecule has 0 atom stereocenters. The van der Waals surface area contributed by atoms with E-state index in [1.165, 1.54) is 19.3 Å². The number of methoxy groups -OCH3 is 1. The Bertz CT molecular complexity index is 1150. The first kappa shape index (κ1) is 22.2. The van der Waals surface area contributed by atoms with Crippen molar-refractivity contribution in [3.63, 3.8) is 0 Å². The number of carbonyl (C=O) groups is 1. The van der Waals surface area contributed by atoms with Gasteiger partial charge in [0.1, 0.15) is 17.3 Å². The second-order valence-corrected chi connectivity index (χ2v) is 8.81. The summed E-state index contributed by atoms with van der Waals surface area (Å²) in [5.41, 5.74) is 2.27. The largest absolute Gasteiger partial charge is 0.497 e. The topological polar surface area (TPSA) is 79.6 Å². The molecule has 0 saturated carbocycles. The zero-order valence-corrected chi connectivity index (χ0v) is 19.9. The summed E-state index contributed by atoms with van der Waals surface area (Å²) >= 11 is 0. The number of aromatic nitrogens is 4. The minimum Gasteiger partial charge on any atom is -0.497 e. The van der Waals surface area contributed by atoms with Crippen molar-refractivity contribution < 1.29 is 9.53 Å². The molecule has 2 aliphatic rings.